The third-order valence-electron chi connectivity index (χ3n) is 4.37. The van der Waals surface area contributed by atoms with Gasteiger partial charge in [-0.2, -0.15) is 0 Å². The molecule has 2 aromatic carbocycles. The van der Waals surface area contributed by atoms with E-state index in [1.54, 1.807) is 24.3 Å². The van der Waals surface area contributed by atoms with Gasteiger partial charge < -0.3 is 9.84 Å². The van der Waals surface area contributed by atoms with Crippen LogP contribution in [0.3, 0.4) is 0 Å². The van der Waals surface area contributed by atoms with Gasteiger partial charge in [0, 0.05) is 6.61 Å². The van der Waals surface area contributed by atoms with Crippen molar-refractivity contribution in [1.29, 1.82) is 0 Å². The number of hydrogen-bond acceptors (Lipinski definition) is 4. The van der Waals surface area contributed by atoms with E-state index < -0.39 is 21.9 Å². The first kappa shape index (κ1) is 18.4. The van der Waals surface area contributed by atoms with Crippen molar-refractivity contribution in [3.8, 4) is 0 Å². The topological polar surface area (TPSA) is 83.9 Å². The largest absolute Gasteiger partial charge is 0.481 e. The zero-order valence-electron chi connectivity index (χ0n) is 14.2. The Hall–Kier alpha value is -2.38. The lowest BCUT2D eigenvalue weighted by Gasteiger charge is -2.19. The first-order valence-electron chi connectivity index (χ1n) is 8.43. The molecule has 0 aromatic heterocycles. The van der Waals surface area contributed by atoms with Crippen LogP contribution in [0.15, 0.2) is 54.6 Å². The van der Waals surface area contributed by atoms with Gasteiger partial charge in [-0.1, -0.05) is 48.5 Å². The van der Waals surface area contributed by atoms with E-state index in [0.29, 0.717) is 30.9 Å². The number of carboxylic acids is 1. The van der Waals surface area contributed by atoms with E-state index >= 15 is 0 Å². The summed E-state index contributed by atoms with van der Waals surface area (Å²) in [5.41, 5.74) is 2.04. The quantitative estimate of drug-likeness (QED) is 0.717. The summed E-state index contributed by atoms with van der Waals surface area (Å²) in [5, 5.41) is 9.36. The minimum Gasteiger partial charge on any atom is -0.481 e. The Morgan fingerprint density at radius 1 is 1.12 bits per heavy atom. The van der Waals surface area contributed by atoms with Gasteiger partial charge in [0.15, 0.2) is 0 Å². The Bertz CT molecular complexity index is 867. The Kier molecular flexibility index (Phi) is 5.58. The number of ether oxygens (including phenoxy) is 1. The summed E-state index contributed by atoms with van der Waals surface area (Å²) in [6.45, 7) is 0.711. The second-order valence-electron chi connectivity index (χ2n) is 6.19. The molecule has 1 aliphatic heterocycles. The molecule has 7 heteroatoms. The number of para-hydroxylation sites is 1. The Morgan fingerprint density at radius 2 is 1.81 bits per heavy atom. The molecule has 2 aromatic rings. The van der Waals surface area contributed by atoms with E-state index in [1.807, 2.05) is 30.3 Å². The molecule has 1 aliphatic rings. The molecule has 0 bridgehead atoms. The average molecular weight is 375 g/mol. The van der Waals surface area contributed by atoms with Crippen molar-refractivity contribution in [2.45, 2.75) is 18.9 Å². The van der Waals surface area contributed by atoms with Gasteiger partial charge in [-0.25, -0.2) is 8.42 Å². The van der Waals surface area contributed by atoms with Crippen LogP contribution in [0.1, 0.15) is 23.5 Å². The van der Waals surface area contributed by atoms with Crippen LogP contribution in [0.4, 0.5) is 5.69 Å². The number of benzene rings is 2. The second-order valence-corrected chi connectivity index (χ2v) is 8.20. The van der Waals surface area contributed by atoms with Gasteiger partial charge in [0.2, 0.25) is 10.0 Å². The molecule has 6 nitrogen and oxygen atoms in total. The molecule has 0 saturated carbocycles. The highest BCUT2D eigenvalue weighted by atomic mass is 32.2. The molecule has 1 atom stereocenters. The van der Waals surface area contributed by atoms with Crippen molar-refractivity contribution in [2.24, 2.45) is 0 Å². The highest BCUT2D eigenvalue weighted by Gasteiger charge is 2.38. The zero-order chi connectivity index (χ0) is 18.6. The maximum Gasteiger partial charge on any atom is 0.312 e. The predicted octanol–water partition coefficient (Wildman–Crippen LogP) is 2.61. The molecule has 1 unspecified atom stereocenters. The second kappa shape index (κ2) is 7.88. The van der Waals surface area contributed by atoms with Crippen molar-refractivity contribution < 1.29 is 23.1 Å². The van der Waals surface area contributed by atoms with Gasteiger partial charge >= 0.3 is 5.97 Å². The summed E-state index contributed by atoms with van der Waals surface area (Å²) in [4.78, 5) is 11.4. The Morgan fingerprint density at radius 3 is 2.54 bits per heavy atom. The summed E-state index contributed by atoms with van der Waals surface area (Å²) in [5.74, 6) is -1.92. The van der Waals surface area contributed by atoms with Gasteiger partial charge in [-0.05, 0) is 23.6 Å². The molecule has 0 amide bonds. The Balaban J connectivity index is 1.58. The molecule has 3 rings (SSSR count). The molecule has 0 saturated heterocycles. The number of hydrogen-bond donors (Lipinski definition) is 1. The van der Waals surface area contributed by atoms with Crippen LogP contribution in [-0.4, -0.2) is 38.4 Å². The first-order chi connectivity index (χ1) is 12.5. The van der Waals surface area contributed by atoms with Gasteiger partial charge in [-0.3, -0.25) is 9.10 Å². The van der Waals surface area contributed by atoms with E-state index in [4.69, 9.17) is 4.74 Å². The van der Waals surface area contributed by atoms with E-state index in [1.165, 1.54) is 4.31 Å². The number of carboxylic acid groups (broad SMARTS) is 1. The fourth-order valence-electron chi connectivity index (χ4n) is 3.06. The van der Waals surface area contributed by atoms with Crippen LogP contribution in [0, 0.1) is 0 Å². The number of nitrogens with zero attached hydrogens (tertiary/aromatic N) is 1. The fourth-order valence-corrected chi connectivity index (χ4v) is 4.61. The van der Waals surface area contributed by atoms with E-state index in [2.05, 4.69) is 0 Å². The first-order valence-corrected chi connectivity index (χ1v) is 10.0. The Labute approximate surface area is 153 Å². The SMILES string of the molecule is O=C(O)C1CN(S(=O)(=O)CCCOCc2ccccc2)c2ccccc21. The normalized spacial score (nSPS) is 16.5. The number of sulfonamides is 1. The fraction of sp³-hybridized carbons (Fsp3) is 0.316. The van der Waals surface area contributed by atoms with Gasteiger partial charge in [0.25, 0.3) is 0 Å². The van der Waals surface area contributed by atoms with Crippen molar-refractivity contribution in [2.75, 3.05) is 23.2 Å². The van der Waals surface area contributed by atoms with Crippen LogP contribution in [0.25, 0.3) is 0 Å². The smallest absolute Gasteiger partial charge is 0.312 e. The summed E-state index contributed by atoms with van der Waals surface area (Å²) < 4.78 is 32.1. The minimum absolute atomic E-state index is 0.0537. The molecular weight excluding hydrogens is 354 g/mol. The van der Waals surface area contributed by atoms with Gasteiger partial charge in [-0.15, -0.1) is 0 Å². The predicted molar refractivity (Wildman–Crippen MR) is 98.7 cm³/mol. The number of aliphatic carboxylic acids is 1. The third kappa shape index (κ3) is 4.05. The zero-order valence-corrected chi connectivity index (χ0v) is 15.1. The number of fused-ring (bicyclic) bond motifs is 1. The van der Waals surface area contributed by atoms with E-state index in [9.17, 15) is 18.3 Å². The lowest BCUT2D eigenvalue weighted by atomic mass is 10.0. The average Bonchev–Trinajstić information content (AvgIpc) is 3.03. The monoisotopic (exact) mass is 375 g/mol. The van der Waals surface area contributed by atoms with Crippen LogP contribution < -0.4 is 4.31 Å². The molecule has 0 fully saturated rings. The van der Waals surface area contributed by atoms with Crippen molar-refractivity contribution in [3.63, 3.8) is 0 Å². The lowest BCUT2D eigenvalue weighted by Crippen LogP contribution is -2.33. The molecule has 138 valence electrons. The summed E-state index contributed by atoms with van der Waals surface area (Å²) in [6.07, 6.45) is 0.353. The molecule has 26 heavy (non-hydrogen) atoms. The van der Waals surface area contributed by atoms with Crippen molar-refractivity contribution in [3.05, 3.63) is 65.7 Å². The summed E-state index contributed by atoms with van der Waals surface area (Å²) in [6, 6.07) is 16.4. The molecule has 1 N–H and O–H groups in total. The van der Waals surface area contributed by atoms with Crippen LogP contribution in [0.2, 0.25) is 0 Å². The maximum atomic E-state index is 12.7. The number of rotatable bonds is 8. The summed E-state index contributed by atoms with van der Waals surface area (Å²) in [7, 11) is -3.59. The molecule has 0 spiro atoms. The van der Waals surface area contributed by atoms with Crippen molar-refractivity contribution in [1.82, 2.24) is 0 Å². The molecular formula is C19H21NO5S. The van der Waals surface area contributed by atoms with Crippen LogP contribution >= 0.6 is 0 Å². The van der Waals surface area contributed by atoms with Gasteiger partial charge in [0.1, 0.15) is 5.92 Å². The molecule has 1 heterocycles. The standard InChI is InChI=1S/C19H21NO5S/c21-19(22)17-13-20(18-10-5-4-9-16(17)18)26(23,24)12-6-11-25-14-15-7-2-1-3-8-15/h1-5,7-10,17H,6,11-14H2,(H,21,22). The minimum atomic E-state index is -3.59. The highest BCUT2D eigenvalue weighted by molar-refractivity contribution is 7.92. The number of carbonyl (C=O) groups is 1. The third-order valence-corrected chi connectivity index (χ3v) is 6.19. The summed E-state index contributed by atoms with van der Waals surface area (Å²) >= 11 is 0. The number of anilines is 1. The van der Waals surface area contributed by atoms with Crippen molar-refractivity contribution >= 4 is 21.7 Å². The van der Waals surface area contributed by atoms with E-state index in [0.717, 1.165) is 5.56 Å². The lowest BCUT2D eigenvalue weighted by molar-refractivity contribution is -0.138. The van der Waals surface area contributed by atoms with Gasteiger partial charge in [0.05, 0.1) is 24.6 Å². The van der Waals surface area contributed by atoms with Crippen LogP contribution in [-0.2, 0) is 26.2 Å². The molecule has 0 radical (unpaired) electrons. The van der Waals surface area contributed by atoms with Crippen LogP contribution in [0.5, 0.6) is 0 Å². The van der Waals surface area contributed by atoms with E-state index in [-0.39, 0.29) is 12.3 Å². The maximum absolute atomic E-state index is 12.7. The molecule has 0 aliphatic carbocycles. The highest BCUT2D eigenvalue weighted by Crippen LogP contribution is 2.38.